The fourth-order valence-corrected chi connectivity index (χ4v) is 5.16. The lowest BCUT2D eigenvalue weighted by atomic mass is 9.97. The van der Waals surface area contributed by atoms with E-state index >= 15 is 0 Å². The van der Waals surface area contributed by atoms with Crippen molar-refractivity contribution in [3.63, 3.8) is 0 Å². The number of anilines is 1. The molecule has 30 heavy (non-hydrogen) atoms. The van der Waals surface area contributed by atoms with Gasteiger partial charge in [-0.2, -0.15) is 0 Å². The van der Waals surface area contributed by atoms with Crippen LogP contribution in [0, 0.1) is 5.92 Å². The molecular formula is C23H31N5OS. The SMILES string of the molecule is O=C(NCCCN1CCCC1)C1CCCN(c2nccnc2Sc2ccccc2)C1. The topological polar surface area (TPSA) is 61.4 Å². The van der Waals surface area contributed by atoms with Gasteiger partial charge in [0.1, 0.15) is 5.03 Å². The Labute approximate surface area is 183 Å². The zero-order chi connectivity index (χ0) is 20.6. The minimum absolute atomic E-state index is 0.0159. The third-order valence-corrected chi connectivity index (χ3v) is 6.83. The van der Waals surface area contributed by atoms with Crippen molar-refractivity contribution in [3.8, 4) is 0 Å². The maximum Gasteiger partial charge on any atom is 0.224 e. The molecule has 2 aromatic rings. The summed E-state index contributed by atoms with van der Waals surface area (Å²) < 4.78 is 0. The molecule has 1 unspecified atom stereocenters. The first-order valence-electron chi connectivity index (χ1n) is 11.1. The molecule has 2 saturated heterocycles. The van der Waals surface area contributed by atoms with Gasteiger partial charge in [-0.1, -0.05) is 30.0 Å². The molecular weight excluding hydrogens is 394 g/mol. The van der Waals surface area contributed by atoms with E-state index in [0.29, 0.717) is 6.54 Å². The number of carbonyl (C=O) groups excluding carboxylic acids is 1. The minimum Gasteiger partial charge on any atom is -0.356 e. The molecule has 0 bridgehead atoms. The predicted molar refractivity (Wildman–Crippen MR) is 121 cm³/mol. The normalized spacial score (nSPS) is 19.7. The van der Waals surface area contributed by atoms with E-state index in [0.717, 1.165) is 54.6 Å². The molecule has 1 aromatic heterocycles. The summed E-state index contributed by atoms with van der Waals surface area (Å²) in [5, 5.41) is 4.07. The summed E-state index contributed by atoms with van der Waals surface area (Å²) in [6.07, 6.45) is 9.09. The van der Waals surface area contributed by atoms with Gasteiger partial charge in [-0.05, 0) is 63.9 Å². The number of hydrogen-bond acceptors (Lipinski definition) is 6. The van der Waals surface area contributed by atoms with E-state index in [1.165, 1.54) is 25.9 Å². The third kappa shape index (κ3) is 5.73. The Morgan fingerprint density at radius 1 is 1.07 bits per heavy atom. The maximum absolute atomic E-state index is 12.8. The van der Waals surface area contributed by atoms with Crippen LogP contribution in [0.2, 0.25) is 0 Å². The maximum atomic E-state index is 12.8. The second kappa shape index (κ2) is 10.8. The molecule has 7 heteroatoms. The Kier molecular flexibility index (Phi) is 7.59. The molecule has 4 rings (SSSR count). The van der Waals surface area contributed by atoms with Gasteiger partial charge in [0, 0.05) is 36.9 Å². The van der Waals surface area contributed by atoms with E-state index in [1.807, 2.05) is 18.2 Å². The van der Waals surface area contributed by atoms with Crippen LogP contribution in [0.1, 0.15) is 32.1 Å². The third-order valence-electron chi connectivity index (χ3n) is 5.85. The van der Waals surface area contributed by atoms with Gasteiger partial charge >= 0.3 is 0 Å². The summed E-state index contributed by atoms with van der Waals surface area (Å²) in [6.45, 7) is 5.92. The van der Waals surface area contributed by atoms with Gasteiger partial charge in [-0.25, -0.2) is 9.97 Å². The number of benzene rings is 1. The highest BCUT2D eigenvalue weighted by atomic mass is 32.2. The summed E-state index contributed by atoms with van der Waals surface area (Å²) in [5.41, 5.74) is 0. The van der Waals surface area contributed by atoms with Crippen LogP contribution < -0.4 is 10.2 Å². The summed E-state index contributed by atoms with van der Waals surface area (Å²) >= 11 is 1.63. The average molecular weight is 426 g/mol. The number of nitrogens with zero attached hydrogens (tertiary/aromatic N) is 4. The molecule has 1 amide bonds. The van der Waals surface area contributed by atoms with Crippen molar-refractivity contribution in [2.45, 2.75) is 42.0 Å². The Morgan fingerprint density at radius 3 is 2.70 bits per heavy atom. The number of piperidine rings is 1. The number of carbonyl (C=O) groups is 1. The first-order valence-corrected chi connectivity index (χ1v) is 11.9. The molecule has 0 saturated carbocycles. The van der Waals surface area contributed by atoms with Crippen molar-refractivity contribution in [1.29, 1.82) is 0 Å². The van der Waals surface area contributed by atoms with E-state index in [1.54, 1.807) is 24.2 Å². The van der Waals surface area contributed by atoms with Gasteiger partial charge in [0.05, 0.1) is 5.92 Å². The zero-order valence-corrected chi connectivity index (χ0v) is 18.3. The lowest BCUT2D eigenvalue weighted by Gasteiger charge is -2.33. The van der Waals surface area contributed by atoms with Crippen LogP contribution in [0.15, 0.2) is 52.6 Å². The largest absolute Gasteiger partial charge is 0.356 e. The Balaban J connectivity index is 1.31. The standard InChI is InChI=1S/C23H31N5OS/c29-22(25-11-7-16-27-14-4-5-15-27)19-8-6-17-28(18-19)21-23(26-13-12-24-21)30-20-9-2-1-3-10-20/h1-3,9-10,12-13,19H,4-8,11,14-18H2,(H,25,29). The second-order valence-corrected chi connectivity index (χ2v) is 9.14. The molecule has 6 nitrogen and oxygen atoms in total. The molecule has 1 N–H and O–H groups in total. The van der Waals surface area contributed by atoms with Gasteiger partial charge in [0.25, 0.3) is 0 Å². The molecule has 2 aliphatic heterocycles. The van der Waals surface area contributed by atoms with Gasteiger partial charge in [-0.3, -0.25) is 4.79 Å². The van der Waals surface area contributed by atoms with Crippen LogP contribution in [-0.4, -0.2) is 60.0 Å². The van der Waals surface area contributed by atoms with Gasteiger partial charge < -0.3 is 15.1 Å². The first-order chi connectivity index (χ1) is 14.8. The van der Waals surface area contributed by atoms with E-state index in [9.17, 15) is 4.79 Å². The van der Waals surface area contributed by atoms with Crippen molar-refractivity contribution < 1.29 is 4.79 Å². The lowest BCUT2D eigenvalue weighted by molar-refractivity contribution is -0.125. The molecule has 1 aromatic carbocycles. The second-order valence-electron chi connectivity index (χ2n) is 8.08. The Hall–Kier alpha value is -2.12. The fraction of sp³-hybridized carbons (Fsp3) is 0.522. The lowest BCUT2D eigenvalue weighted by Crippen LogP contribution is -2.44. The molecule has 2 aliphatic rings. The van der Waals surface area contributed by atoms with Crippen molar-refractivity contribution >= 4 is 23.5 Å². The first kappa shape index (κ1) is 21.1. The van der Waals surface area contributed by atoms with Gasteiger partial charge in [-0.15, -0.1) is 0 Å². The molecule has 160 valence electrons. The molecule has 3 heterocycles. The molecule has 1 atom stereocenters. The van der Waals surface area contributed by atoms with E-state index < -0.39 is 0 Å². The van der Waals surface area contributed by atoms with Crippen LogP contribution in [0.5, 0.6) is 0 Å². The van der Waals surface area contributed by atoms with Crippen molar-refractivity contribution in [3.05, 3.63) is 42.7 Å². The van der Waals surface area contributed by atoms with Gasteiger partial charge in [0.15, 0.2) is 5.82 Å². The molecule has 2 fully saturated rings. The predicted octanol–water partition coefficient (Wildman–Crippen LogP) is 3.45. The smallest absolute Gasteiger partial charge is 0.224 e. The van der Waals surface area contributed by atoms with Crippen LogP contribution in [0.25, 0.3) is 0 Å². The van der Waals surface area contributed by atoms with E-state index in [-0.39, 0.29) is 11.8 Å². The number of likely N-dealkylation sites (tertiary alicyclic amines) is 1. The minimum atomic E-state index is 0.0159. The number of rotatable bonds is 8. The van der Waals surface area contributed by atoms with Crippen molar-refractivity contribution in [1.82, 2.24) is 20.2 Å². The average Bonchev–Trinajstić information content (AvgIpc) is 3.31. The number of hydrogen-bond donors (Lipinski definition) is 1. The highest BCUT2D eigenvalue weighted by Crippen LogP contribution is 2.33. The van der Waals surface area contributed by atoms with E-state index in [2.05, 4.69) is 37.2 Å². The van der Waals surface area contributed by atoms with Crippen molar-refractivity contribution in [2.24, 2.45) is 5.92 Å². The molecule has 0 aliphatic carbocycles. The number of amides is 1. The summed E-state index contributed by atoms with van der Waals surface area (Å²) in [4.78, 5) is 27.8. The monoisotopic (exact) mass is 425 g/mol. The van der Waals surface area contributed by atoms with Crippen LogP contribution in [-0.2, 0) is 4.79 Å². The number of nitrogens with one attached hydrogen (secondary N) is 1. The zero-order valence-electron chi connectivity index (χ0n) is 17.5. The summed E-state index contributed by atoms with van der Waals surface area (Å²) in [5.74, 6) is 1.09. The quantitative estimate of drug-likeness (QED) is 0.654. The highest BCUT2D eigenvalue weighted by molar-refractivity contribution is 7.99. The van der Waals surface area contributed by atoms with Crippen molar-refractivity contribution in [2.75, 3.05) is 44.2 Å². The highest BCUT2D eigenvalue weighted by Gasteiger charge is 2.28. The summed E-state index contributed by atoms with van der Waals surface area (Å²) in [7, 11) is 0. The summed E-state index contributed by atoms with van der Waals surface area (Å²) in [6, 6.07) is 10.2. The Morgan fingerprint density at radius 2 is 1.87 bits per heavy atom. The van der Waals surface area contributed by atoms with Crippen LogP contribution in [0.3, 0.4) is 0 Å². The van der Waals surface area contributed by atoms with Crippen LogP contribution in [0.4, 0.5) is 5.82 Å². The van der Waals surface area contributed by atoms with E-state index in [4.69, 9.17) is 0 Å². The van der Waals surface area contributed by atoms with Gasteiger partial charge in [0.2, 0.25) is 5.91 Å². The van der Waals surface area contributed by atoms with Crippen LogP contribution >= 0.6 is 11.8 Å². The fourth-order valence-electron chi connectivity index (χ4n) is 4.26. The number of aromatic nitrogens is 2. The molecule has 0 spiro atoms. The molecule has 0 radical (unpaired) electrons. The Bertz CT molecular complexity index is 812.